The summed E-state index contributed by atoms with van der Waals surface area (Å²) < 4.78 is 1.69. The van der Waals surface area contributed by atoms with E-state index in [9.17, 15) is 5.11 Å². The second-order valence-electron chi connectivity index (χ2n) is 2.48. The van der Waals surface area contributed by atoms with Gasteiger partial charge >= 0.3 is 0 Å². The van der Waals surface area contributed by atoms with Crippen LogP contribution in [0.1, 0.15) is 5.69 Å². The molecule has 0 aliphatic rings. The highest BCUT2D eigenvalue weighted by atomic mass is 16.3. The van der Waals surface area contributed by atoms with E-state index in [1.807, 2.05) is 25.1 Å². The molecule has 3 heteroatoms. The van der Waals surface area contributed by atoms with Crippen molar-refractivity contribution in [3.63, 3.8) is 0 Å². The molecule has 0 atom stereocenters. The lowest BCUT2D eigenvalue weighted by molar-refractivity contribution is 0.447. The van der Waals surface area contributed by atoms with E-state index >= 15 is 0 Å². The molecular weight excluding hydrogens is 140 g/mol. The quantitative estimate of drug-likeness (QED) is 0.612. The first kappa shape index (κ1) is 6.22. The predicted molar refractivity (Wildman–Crippen MR) is 41.6 cm³/mol. The molecule has 0 radical (unpaired) electrons. The minimum absolute atomic E-state index is 0.193. The third-order valence-electron chi connectivity index (χ3n) is 1.71. The Labute approximate surface area is 63.9 Å². The van der Waals surface area contributed by atoms with Gasteiger partial charge in [-0.25, -0.2) is 4.98 Å². The number of aromatic nitrogens is 2. The number of pyridine rings is 1. The van der Waals surface area contributed by atoms with E-state index in [-0.39, 0.29) is 5.88 Å². The normalized spacial score (nSPS) is 10.6. The van der Waals surface area contributed by atoms with Crippen molar-refractivity contribution >= 4 is 5.65 Å². The molecule has 0 aliphatic carbocycles. The zero-order chi connectivity index (χ0) is 7.84. The Bertz CT molecular complexity index is 392. The van der Waals surface area contributed by atoms with Crippen LogP contribution in [0.15, 0.2) is 24.4 Å². The molecule has 0 aliphatic heterocycles. The Morgan fingerprint density at radius 3 is 3.00 bits per heavy atom. The molecule has 2 heterocycles. The molecular formula is C8H8N2O. The van der Waals surface area contributed by atoms with Crippen molar-refractivity contribution in [2.45, 2.75) is 6.92 Å². The van der Waals surface area contributed by atoms with Crippen LogP contribution in [-0.4, -0.2) is 14.5 Å². The van der Waals surface area contributed by atoms with Crippen LogP contribution in [0.25, 0.3) is 5.65 Å². The maximum atomic E-state index is 9.29. The van der Waals surface area contributed by atoms with Crippen LogP contribution in [0.3, 0.4) is 0 Å². The number of fused-ring (bicyclic) bond motifs is 1. The van der Waals surface area contributed by atoms with Crippen molar-refractivity contribution in [3.8, 4) is 5.88 Å². The molecule has 0 fully saturated rings. The minimum atomic E-state index is 0.193. The number of imidazole rings is 1. The number of hydrogen-bond acceptors (Lipinski definition) is 2. The topological polar surface area (TPSA) is 37.5 Å². The fraction of sp³-hybridized carbons (Fsp3) is 0.125. The predicted octanol–water partition coefficient (Wildman–Crippen LogP) is 1.35. The van der Waals surface area contributed by atoms with E-state index in [0.717, 1.165) is 11.3 Å². The third-order valence-corrected chi connectivity index (χ3v) is 1.71. The van der Waals surface area contributed by atoms with Crippen LogP contribution in [0.5, 0.6) is 5.88 Å². The van der Waals surface area contributed by atoms with Gasteiger partial charge in [-0.05, 0) is 19.1 Å². The molecule has 0 amide bonds. The summed E-state index contributed by atoms with van der Waals surface area (Å²) in [6, 6.07) is 5.69. The van der Waals surface area contributed by atoms with E-state index in [0.29, 0.717) is 0 Å². The summed E-state index contributed by atoms with van der Waals surface area (Å²) in [4.78, 5) is 3.99. The van der Waals surface area contributed by atoms with Crippen molar-refractivity contribution in [3.05, 3.63) is 30.1 Å². The van der Waals surface area contributed by atoms with Gasteiger partial charge in [0, 0.05) is 5.69 Å². The standard InChI is InChI=1S/C8H8N2O/c1-6-3-2-4-7-9-5-8(11)10(6)7/h2-5,11H,1H3. The molecule has 2 aromatic heterocycles. The third kappa shape index (κ3) is 0.774. The van der Waals surface area contributed by atoms with Crippen molar-refractivity contribution in [2.75, 3.05) is 0 Å². The van der Waals surface area contributed by atoms with Gasteiger partial charge in [0.15, 0.2) is 0 Å². The average molecular weight is 148 g/mol. The number of nitrogens with zero attached hydrogens (tertiary/aromatic N) is 2. The zero-order valence-corrected chi connectivity index (χ0v) is 6.15. The maximum absolute atomic E-state index is 9.29. The van der Waals surface area contributed by atoms with E-state index in [1.165, 1.54) is 6.20 Å². The van der Waals surface area contributed by atoms with Gasteiger partial charge in [0.05, 0.1) is 6.20 Å². The summed E-state index contributed by atoms with van der Waals surface area (Å²) in [6.07, 6.45) is 1.45. The molecule has 1 N–H and O–H groups in total. The second kappa shape index (κ2) is 1.99. The average Bonchev–Trinajstić information content (AvgIpc) is 2.34. The van der Waals surface area contributed by atoms with Crippen molar-refractivity contribution < 1.29 is 5.11 Å². The lowest BCUT2D eigenvalue weighted by Crippen LogP contribution is -1.88. The molecule has 0 bridgehead atoms. The Kier molecular flexibility index (Phi) is 1.12. The first-order valence-corrected chi connectivity index (χ1v) is 3.41. The molecule has 0 spiro atoms. The van der Waals surface area contributed by atoms with Crippen LogP contribution < -0.4 is 0 Å². The molecule has 2 rings (SSSR count). The van der Waals surface area contributed by atoms with Gasteiger partial charge in [0.25, 0.3) is 0 Å². The minimum Gasteiger partial charge on any atom is -0.493 e. The number of aryl methyl sites for hydroxylation is 1. The highest BCUT2D eigenvalue weighted by Gasteiger charge is 2.00. The van der Waals surface area contributed by atoms with E-state index in [4.69, 9.17) is 0 Å². The molecule has 0 saturated carbocycles. The van der Waals surface area contributed by atoms with Crippen LogP contribution in [0.2, 0.25) is 0 Å². The number of rotatable bonds is 0. The Morgan fingerprint density at radius 2 is 2.27 bits per heavy atom. The highest BCUT2D eigenvalue weighted by Crippen LogP contribution is 2.14. The van der Waals surface area contributed by atoms with Gasteiger partial charge in [0.1, 0.15) is 5.65 Å². The lowest BCUT2D eigenvalue weighted by atomic mass is 10.4. The fourth-order valence-corrected chi connectivity index (χ4v) is 1.18. The Morgan fingerprint density at radius 1 is 1.45 bits per heavy atom. The van der Waals surface area contributed by atoms with Gasteiger partial charge in [-0.3, -0.25) is 4.40 Å². The first-order chi connectivity index (χ1) is 5.29. The maximum Gasteiger partial charge on any atom is 0.216 e. The molecule has 0 saturated heterocycles. The van der Waals surface area contributed by atoms with Gasteiger partial charge < -0.3 is 5.11 Å². The molecule has 2 aromatic rings. The molecule has 0 unspecified atom stereocenters. The zero-order valence-electron chi connectivity index (χ0n) is 6.15. The summed E-state index contributed by atoms with van der Waals surface area (Å²) in [7, 11) is 0. The smallest absolute Gasteiger partial charge is 0.216 e. The first-order valence-electron chi connectivity index (χ1n) is 3.41. The van der Waals surface area contributed by atoms with Gasteiger partial charge in [0.2, 0.25) is 5.88 Å². The summed E-state index contributed by atoms with van der Waals surface area (Å²) >= 11 is 0. The molecule has 3 nitrogen and oxygen atoms in total. The largest absolute Gasteiger partial charge is 0.493 e. The van der Waals surface area contributed by atoms with E-state index < -0.39 is 0 Å². The SMILES string of the molecule is Cc1cccc2ncc(O)n12. The monoisotopic (exact) mass is 148 g/mol. The molecule has 56 valence electrons. The van der Waals surface area contributed by atoms with Crippen LogP contribution in [-0.2, 0) is 0 Å². The number of hydrogen-bond donors (Lipinski definition) is 1. The molecule has 11 heavy (non-hydrogen) atoms. The van der Waals surface area contributed by atoms with Crippen molar-refractivity contribution in [2.24, 2.45) is 0 Å². The Balaban J connectivity index is 2.96. The van der Waals surface area contributed by atoms with E-state index in [1.54, 1.807) is 4.40 Å². The van der Waals surface area contributed by atoms with Crippen LogP contribution >= 0.6 is 0 Å². The summed E-state index contributed by atoms with van der Waals surface area (Å²) in [5, 5.41) is 9.29. The fourth-order valence-electron chi connectivity index (χ4n) is 1.18. The lowest BCUT2D eigenvalue weighted by Gasteiger charge is -1.98. The van der Waals surface area contributed by atoms with Crippen LogP contribution in [0.4, 0.5) is 0 Å². The summed E-state index contributed by atoms with van der Waals surface area (Å²) in [6.45, 7) is 1.92. The summed E-state index contributed by atoms with van der Waals surface area (Å²) in [5.41, 5.74) is 1.76. The van der Waals surface area contributed by atoms with Crippen LogP contribution in [0, 0.1) is 6.92 Å². The summed E-state index contributed by atoms with van der Waals surface area (Å²) in [5.74, 6) is 0.193. The van der Waals surface area contributed by atoms with E-state index in [2.05, 4.69) is 4.98 Å². The van der Waals surface area contributed by atoms with Crippen molar-refractivity contribution in [1.29, 1.82) is 0 Å². The molecule has 0 aromatic carbocycles. The van der Waals surface area contributed by atoms with Gasteiger partial charge in [-0.15, -0.1) is 0 Å². The second-order valence-corrected chi connectivity index (χ2v) is 2.48. The highest BCUT2D eigenvalue weighted by molar-refractivity contribution is 5.43. The van der Waals surface area contributed by atoms with Gasteiger partial charge in [-0.2, -0.15) is 0 Å². The van der Waals surface area contributed by atoms with Crippen molar-refractivity contribution in [1.82, 2.24) is 9.38 Å². The Hall–Kier alpha value is -1.51. The van der Waals surface area contributed by atoms with Gasteiger partial charge in [-0.1, -0.05) is 6.07 Å². The number of aromatic hydroxyl groups is 1.